The Morgan fingerprint density at radius 2 is 2.10 bits per heavy atom. The molecule has 0 unspecified atom stereocenters. The number of nitrogens with one attached hydrogen (secondary N) is 1. The molecule has 0 radical (unpaired) electrons. The van der Waals surface area contributed by atoms with Crippen LogP contribution in [0.25, 0.3) is 11.0 Å². The molecular formula is C21H21ClN6O2. The van der Waals surface area contributed by atoms with Crippen LogP contribution >= 0.6 is 11.6 Å². The Hall–Kier alpha value is -3.26. The second kappa shape index (κ2) is 8.62. The summed E-state index contributed by atoms with van der Waals surface area (Å²) < 4.78 is 1.94. The number of hydrogen-bond donors (Lipinski definition) is 1. The molecule has 1 fully saturated rings. The maximum atomic E-state index is 12.8. The third kappa shape index (κ3) is 3.91. The monoisotopic (exact) mass is 424 g/mol. The van der Waals surface area contributed by atoms with Gasteiger partial charge in [0.1, 0.15) is 0 Å². The van der Waals surface area contributed by atoms with Crippen LogP contribution < -0.4 is 5.32 Å². The number of anilines is 1. The molecule has 1 atom stereocenters. The van der Waals surface area contributed by atoms with E-state index in [9.17, 15) is 9.59 Å². The predicted molar refractivity (Wildman–Crippen MR) is 114 cm³/mol. The van der Waals surface area contributed by atoms with Crippen LogP contribution in [-0.2, 0) is 4.79 Å². The second-order valence-corrected chi connectivity index (χ2v) is 7.54. The van der Waals surface area contributed by atoms with Crippen molar-refractivity contribution in [3.63, 3.8) is 0 Å². The van der Waals surface area contributed by atoms with Gasteiger partial charge in [0.15, 0.2) is 0 Å². The van der Waals surface area contributed by atoms with Crippen LogP contribution in [0.15, 0.2) is 49.3 Å². The van der Waals surface area contributed by atoms with Crippen LogP contribution in [0.4, 0.5) is 5.95 Å². The zero-order valence-electron chi connectivity index (χ0n) is 16.3. The average molecular weight is 425 g/mol. The number of fused-ring (bicyclic) bond motifs is 1. The second-order valence-electron chi connectivity index (χ2n) is 7.14. The largest absolute Gasteiger partial charge is 0.337 e. The van der Waals surface area contributed by atoms with Crippen LogP contribution in [0.1, 0.15) is 35.7 Å². The first-order valence-electron chi connectivity index (χ1n) is 9.74. The van der Waals surface area contributed by atoms with Gasteiger partial charge in [-0.05, 0) is 43.5 Å². The maximum absolute atomic E-state index is 12.8. The summed E-state index contributed by atoms with van der Waals surface area (Å²) in [5.41, 5.74) is 1.79. The van der Waals surface area contributed by atoms with Crippen LogP contribution in [0.2, 0.25) is 5.02 Å². The molecular weight excluding hydrogens is 404 g/mol. The normalized spacial score (nSPS) is 16.8. The van der Waals surface area contributed by atoms with Crippen LogP contribution in [0.3, 0.4) is 0 Å². The molecule has 0 bridgehead atoms. The Bertz CT molecular complexity index is 1100. The fraction of sp³-hybridized carbons (Fsp3) is 0.286. The molecule has 1 N–H and O–H groups in total. The van der Waals surface area contributed by atoms with Crippen molar-refractivity contribution in [2.24, 2.45) is 0 Å². The minimum Gasteiger partial charge on any atom is -0.337 e. The van der Waals surface area contributed by atoms with Crippen molar-refractivity contribution in [2.75, 3.05) is 18.4 Å². The summed E-state index contributed by atoms with van der Waals surface area (Å²) in [5, 5.41) is 10.9. The van der Waals surface area contributed by atoms with Crippen LogP contribution in [0.5, 0.6) is 0 Å². The highest BCUT2D eigenvalue weighted by molar-refractivity contribution is 6.35. The van der Waals surface area contributed by atoms with E-state index in [1.165, 1.54) is 18.5 Å². The number of rotatable bonds is 4. The summed E-state index contributed by atoms with van der Waals surface area (Å²) in [6.07, 6.45) is 6.86. The van der Waals surface area contributed by atoms with Crippen molar-refractivity contribution in [3.8, 4) is 0 Å². The summed E-state index contributed by atoms with van der Waals surface area (Å²) in [6, 6.07) is 6.96. The highest BCUT2D eigenvalue weighted by atomic mass is 35.5. The van der Waals surface area contributed by atoms with Gasteiger partial charge in [0.2, 0.25) is 11.9 Å². The highest BCUT2D eigenvalue weighted by Gasteiger charge is 2.27. The number of carbonyl (C=O) groups excluding carboxylic acids is 2. The average Bonchev–Trinajstić information content (AvgIpc) is 2.96. The molecule has 30 heavy (non-hydrogen) atoms. The molecule has 1 aromatic carbocycles. The summed E-state index contributed by atoms with van der Waals surface area (Å²) in [5.74, 6) is -0.0612. The van der Waals surface area contributed by atoms with Gasteiger partial charge in [-0.1, -0.05) is 24.2 Å². The zero-order valence-corrected chi connectivity index (χ0v) is 17.0. The minimum absolute atomic E-state index is 0.0906. The third-order valence-electron chi connectivity index (χ3n) is 5.23. The molecule has 0 saturated carbocycles. The SMILES string of the molecule is C=CC(=O)N1CCCC[C@@H](n2c(NC(=O)c3ccnnc3)nc3cccc(Cl)c32)C1. The van der Waals surface area contributed by atoms with Gasteiger partial charge in [-0.2, -0.15) is 10.2 Å². The van der Waals surface area contributed by atoms with E-state index in [1.807, 2.05) is 16.7 Å². The Balaban J connectivity index is 1.77. The topological polar surface area (TPSA) is 93.0 Å². The number of halogens is 1. The standard InChI is InChI=1S/C21H21ClN6O2/c1-2-18(29)27-11-4-3-6-15(13-27)28-19-16(22)7-5-8-17(19)25-21(28)26-20(30)14-9-10-23-24-12-14/h2,5,7-10,12,15H,1,3-4,6,11,13H2,(H,25,26,30)/t15-/m1/s1. The Kier molecular flexibility index (Phi) is 5.76. The summed E-state index contributed by atoms with van der Waals surface area (Å²) >= 11 is 6.53. The number of aromatic nitrogens is 4. The van der Waals surface area contributed by atoms with Crippen molar-refractivity contribution < 1.29 is 9.59 Å². The molecule has 9 heteroatoms. The fourth-order valence-corrected chi connectivity index (χ4v) is 4.07. The molecule has 2 aromatic heterocycles. The molecule has 3 aromatic rings. The number of hydrogen-bond acceptors (Lipinski definition) is 5. The van der Waals surface area contributed by atoms with Crippen LogP contribution in [0, 0.1) is 0 Å². The van der Waals surface area contributed by atoms with E-state index in [2.05, 4.69) is 27.1 Å². The van der Waals surface area contributed by atoms with Gasteiger partial charge in [0.25, 0.3) is 5.91 Å². The number of nitrogens with zero attached hydrogens (tertiary/aromatic N) is 5. The van der Waals surface area contributed by atoms with Gasteiger partial charge >= 0.3 is 0 Å². The lowest BCUT2D eigenvalue weighted by Gasteiger charge is -2.26. The molecule has 4 rings (SSSR count). The summed E-state index contributed by atoms with van der Waals surface area (Å²) in [4.78, 5) is 31.4. The molecule has 8 nitrogen and oxygen atoms in total. The van der Waals surface area contributed by atoms with Gasteiger partial charge in [0, 0.05) is 13.1 Å². The lowest BCUT2D eigenvalue weighted by Crippen LogP contribution is -2.34. The number of carbonyl (C=O) groups is 2. The first kappa shape index (κ1) is 20.0. The molecule has 1 saturated heterocycles. The number of imidazole rings is 1. The molecule has 3 heterocycles. The highest BCUT2D eigenvalue weighted by Crippen LogP contribution is 2.34. The van der Waals surface area contributed by atoms with E-state index < -0.39 is 0 Å². The molecule has 1 aliphatic rings. The Morgan fingerprint density at radius 1 is 1.23 bits per heavy atom. The smallest absolute Gasteiger partial charge is 0.259 e. The molecule has 0 spiro atoms. The Morgan fingerprint density at radius 3 is 2.87 bits per heavy atom. The van der Waals surface area contributed by atoms with Crippen molar-refractivity contribution in [1.82, 2.24) is 24.6 Å². The summed E-state index contributed by atoms with van der Waals surface area (Å²) in [7, 11) is 0. The van der Waals surface area contributed by atoms with E-state index in [1.54, 1.807) is 17.0 Å². The summed E-state index contributed by atoms with van der Waals surface area (Å²) in [6.45, 7) is 4.77. The lowest BCUT2D eigenvalue weighted by molar-refractivity contribution is -0.126. The molecule has 154 valence electrons. The van der Waals surface area contributed by atoms with Gasteiger partial charge < -0.3 is 9.47 Å². The van der Waals surface area contributed by atoms with Crippen molar-refractivity contribution in [1.29, 1.82) is 0 Å². The molecule has 1 aliphatic heterocycles. The van der Waals surface area contributed by atoms with Gasteiger partial charge in [-0.25, -0.2) is 4.98 Å². The van der Waals surface area contributed by atoms with Gasteiger partial charge in [-0.3, -0.25) is 14.9 Å². The van der Waals surface area contributed by atoms with E-state index in [0.717, 1.165) is 24.8 Å². The van der Waals surface area contributed by atoms with Gasteiger partial charge in [-0.15, -0.1) is 0 Å². The maximum Gasteiger partial charge on any atom is 0.259 e. The van der Waals surface area contributed by atoms with Gasteiger partial charge in [0.05, 0.1) is 40.1 Å². The molecule has 0 aliphatic carbocycles. The minimum atomic E-state index is -0.342. The quantitative estimate of drug-likeness (QED) is 0.647. The zero-order chi connectivity index (χ0) is 21.1. The number of amides is 2. The molecule has 2 amide bonds. The fourth-order valence-electron chi connectivity index (χ4n) is 3.81. The van der Waals surface area contributed by atoms with E-state index in [0.29, 0.717) is 35.1 Å². The Labute approximate surface area is 178 Å². The van der Waals surface area contributed by atoms with Crippen molar-refractivity contribution >= 4 is 40.4 Å². The van der Waals surface area contributed by atoms with Crippen LogP contribution in [-0.4, -0.2) is 49.6 Å². The first-order chi connectivity index (χ1) is 14.6. The lowest BCUT2D eigenvalue weighted by atomic mass is 10.1. The third-order valence-corrected chi connectivity index (χ3v) is 5.54. The van der Waals surface area contributed by atoms with E-state index >= 15 is 0 Å². The van der Waals surface area contributed by atoms with E-state index in [-0.39, 0.29) is 17.9 Å². The first-order valence-corrected chi connectivity index (χ1v) is 10.1. The predicted octanol–water partition coefficient (Wildman–Crippen LogP) is 3.47. The van der Waals surface area contributed by atoms with Crippen molar-refractivity contribution in [2.45, 2.75) is 25.3 Å². The number of likely N-dealkylation sites (tertiary alicyclic amines) is 1. The van der Waals surface area contributed by atoms with Crippen molar-refractivity contribution in [3.05, 3.63) is 59.9 Å². The number of benzene rings is 1. The number of para-hydroxylation sites is 1. The van der Waals surface area contributed by atoms with E-state index in [4.69, 9.17) is 11.6 Å².